The number of aromatic nitrogens is 1. The van der Waals surface area contributed by atoms with Crippen molar-refractivity contribution >= 4 is 11.8 Å². The van der Waals surface area contributed by atoms with Crippen LogP contribution in [0.5, 0.6) is 0 Å². The summed E-state index contributed by atoms with van der Waals surface area (Å²) in [6, 6.07) is 3.78. The second-order valence-corrected chi connectivity index (χ2v) is 2.36. The van der Waals surface area contributed by atoms with Gasteiger partial charge in [-0.2, -0.15) is 4.39 Å². The number of hydrogen-bond donors (Lipinski definition) is 1. The molecule has 0 spiro atoms. The molecule has 5 heteroatoms. The van der Waals surface area contributed by atoms with Gasteiger partial charge in [0.05, 0.1) is 0 Å². The summed E-state index contributed by atoms with van der Waals surface area (Å²) in [7, 11) is 0. The number of nitrogens with zero attached hydrogens (tertiary/aromatic N) is 1. The lowest BCUT2D eigenvalue weighted by molar-refractivity contribution is -0.118. The monoisotopic (exact) mass is 182 g/mol. The summed E-state index contributed by atoms with van der Waals surface area (Å²) in [5.41, 5.74) is -0.116. The number of rotatable bonds is 1. The van der Waals surface area contributed by atoms with Gasteiger partial charge in [-0.05, 0) is 12.1 Å². The molecule has 1 N–H and O–H groups in total. The van der Waals surface area contributed by atoms with Crippen LogP contribution >= 0.6 is 0 Å². The van der Waals surface area contributed by atoms with Crippen molar-refractivity contribution in [2.24, 2.45) is 0 Å². The van der Waals surface area contributed by atoms with E-state index in [2.05, 4.69) is 4.98 Å². The van der Waals surface area contributed by atoms with Gasteiger partial charge in [-0.25, -0.2) is 4.98 Å². The molecule has 1 heterocycles. The van der Waals surface area contributed by atoms with E-state index >= 15 is 0 Å². The van der Waals surface area contributed by atoms with Crippen molar-refractivity contribution in [2.75, 3.05) is 0 Å². The highest BCUT2D eigenvalue weighted by Gasteiger charge is 2.08. The first kappa shape index (κ1) is 9.31. The molecular weight excluding hydrogens is 175 g/mol. The second kappa shape index (κ2) is 3.75. The van der Waals surface area contributed by atoms with E-state index in [1.807, 2.05) is 5.32 Å². The largest absolute Gasteiger partial charge is 0.291 e. The molecule has 0 aliphatic rings. The van der Waals surface area contributed by atoms with Gasteiger partial charge in [0.1, 0.15) is 5.69 Å². The number of pyridine rings is 1. The first-order valence-corrected chi connectivity index (χ1v) is 3.54. The predicted molar refractivity (Wildman–Crippen MR) is 42.3 cm³/mol. The molecule has 0 aromatic carbocycles. The van der Waals surface area contributed by atoms with Gasteiger partial charge in [-0.1, -0.05) is 6.07 Å². The van der Waals surface area contributed by atoms with Crippen molar-refractivity contribution < 1.29 is 14.0 Å². The summed E-state index contributed by atoms with van der Waals surface area (Å²) < 4.78 is 12.5. The molecule has 0 bridgehead atoms. The van der Waals surface area contributed by atoms with Gasteiger partial charge in [-0.3, -0.25) is 14.9 Å². The van der Waals surface area contributed by atoms with Crippen molar-refractivity contribution in [1.29, 1.82) is 0 Å². The molecule has 0 fully saturated rings. The Morgan fingerprint density at radius 2 is 2.15 bits per heavy atom. The van der Waals surface area contributed by atoms with Crippen LogP contribution in [0.4, 0.5) is 4.39 Å². The van der Waals surface area contributed by atoms with Gasteiger partial charge >= 0.3 is 0 Å². The molecule has 0 radical (unpaired) electrons. The fourth-order valence-electron chi connectivity index (χ4n) is 0.759. The molecule has 0 aliphatic carbocycles. The van der Waals surface area contributed by atoms with Crippen LogP contribution in [0, 0.1) is 5.95 Å². The molecule has 1 aromatic heterocycles. The molecule has 13 heavy (non-hydrogen) atoms. The Labute approximate surface area is 73.8 Å². The number of carbonyl (C=O) groups excluding carboxylic acids is 2. The predicted octanol–water partition coefficient (Wildman–Crippen LogP) is 0.497. The third-order valence-electron chi connectivity index (χ3n) is 1.24. The Morgan fingerprint density at radius 1 is 1.46 bits per heavy atom. The van der Waals surface area contributed by atoms with Gasteiger partial charge in [0.25, 0.3) is 5.91 Å². The number of hydrogen-bond acceptors (Lipinski definition) is 3. The standard InChI is InChI=1S/C8H7FN2O2/c1-5(12)10-8(13)6-3-2-4-7(9)11-6/h2-4H,1H3,(H,10,12,13). The van der Waals surface area contributed by atoms with Crippen molar-refractivity contribution in [3.63, 3.8) is 0 Å². The molecule has 68 valence electrons. The second-order valence-electron chi connectivity index (χ2n) is 2.36. The van der Waals surface area contributed by atoms with Gasteiger partial charge in [0.2, 0.25) is 11.9 Å². The van der Waals surface area contributed by atoms with Gasteiger partial charge in [-0.15, -0.1) is 0 Å². The summed E-state index contributed by atoms with van der Waals surface area (Å²) in [5, 5.41) is 1.98. The molecule has 1 rings (SSSR count). The van der Waals surface area contributed by atoms with E-state index in [-0.39, 0.29) is 5.69 Å². The zero-order valence-electron chi connectivity index (χ0n) is 6.87. The Bertz CT molecular complexity index is 352. The fraction of sp³-hybridized carbons (Fsp3) is 0.125. The molecule has 0 saturated carbocycles. The lowest BCUT2D eigenvalue weighted by Crippen LogP contribution is -2.28. The van der Waals surface area contributed by atoms with Gasteiger partial charge in [0, 0.05) is 6.92 Å². The van der Waals surface area contributed by atoms with Crippen molar-refractivity contribution in [3.05, 3.63) is 29.8 Å². The first-order valence-electron chi connectivity index (χ1n) is 3.54. The molecule has 0 unspecified atom stereocenters. The summed E-state index contributed by atoms with van der Waals surface area (Å²) >= 11 is 0. The number of amides is 2. The highest BCUT2D eigenvalue weighted by Crippen LogP contribution is 1.97. The minimum atomic E-state index is -0.754. The van der Waals surface area contributed by atoms with E-state index in [4.69, 9.17) is 0 Å². The summed E-state index contributed by atoms with van der Waals surface area (Å²) in [6.45, 7) is 1.19. The van der Waals surface area contributed by atoms with E-state index in [0.717, 1.165) is 6.07 Å². The van der Waals surface area contributed by atoms with E-state index < -0.39 is 17.8 Å². The highest BCUT2D eigenvalue weighted by molar-refractivity contribution is 6.02. The summed E-state index contributed by atoms with van der Waals surface area (Å²) in [5.74, 6) is -1.96. The number of nitrogens with one attached hydrogen (secondary N) is 1. The first-order chi connectivity index (χ1) is 6.09. The van der Waals surface area contributed by atoms with Gasteiger partial charge in [0.15, 0.2) is 0 Å². The number of carbonyl (C=O) groups is 2. The quantitative estimate of drug-likeness (QED) is 0.643. The normalized spacial score (nSPS) is 9.38. The highest BCUT2D eigenvalue weighted by atomic mass is 19.1. The Hall–Kier alpha value is -1.78. The minimum absolute atomic E-state index is 0.116. The lowest BCUT2D eigenvalue weighted by Gasteiger charge is -1.98. The Morgan fingerprint density at radius 3 is 2.69 bits per heavy atom. The maximum Gasteiger partial charge on any atom is 0.276 e. The van der Waals surface area contributed by atoms with Crippen LogP contribution in [-0.2, 0) is 4.79 Å². The number of imide groups is 1. The van der Waals surface area contributed by atoms with Crippen LogP contribution in [0.3, 0.4) is 0 Å². The van der Waals surface area contributed by atoms with Crippen LogP contribution in [0.15, 0.2) is 18.2 Å². The topological polar surface area (TPSA) is 59.1 Å². The molecule has 0 saturated heterocycles. The summed E-state index contributed by atoms with van der Waals surface area (Å²) in [4.78, 5) is 24.8. The van der Waals surface area contributed by atoms with Crippen molar-refractivity contribution in [3.8, 4) is 0 Å². The van der Waals surface area contributed by atoms with Crippen LogP contribution in [0.1, 0.15) is 17.4 Å². The summed E-state index contributed by atoms with van der Waals surface area (Å²) in [6.07, 6.45) is 0. The number of halogens is 1. The van der Waals surface area contributed by atoms with E-state index in [1.165, 1.54) is 19.1 Å². The van der Waals surface area contributed by atoms with Crippen LogP contribution in [0.2, 0.25) is 0 Å². The van der Waals surface area contributed by atoms with E-state index in [9.17, 15) is 14.0 Å². The molecule has 0 atom stereocenters. The van der Waals surface area contributed by atoms with Crippen molar-refractivity contribution in [2.45, 2.75) is 6.92 Å². The molecular formula is C8H7FN2O2. The average molecular weight is 182 g/mol. The maximum atomic E-state index is 12.5. The van der Waals surface area contributed by atoms with Crippen molar-refractivity contribution in [1.82, 2.24) is 10.3 Å². The fourth-order valence-corrected chi connectivity index (χ4v) is 0.759. The zero-order chi connectivity index (χ0) is 9.84. The Kier molecular flexibility index (Phi) is 2.69. The average Bonchev–Trinajstić information content (AvgIpc) is 2.03. The maximum absolute atomic E-state index is 12.5. The van der Waals surface area contributed by atoms with E-state index in [0.29, 0.717) is 0 Å². The SMILES string of the molecule is CC(=O)NC(=O)c1cccc(F)n1. The third-order valence-corrected chi connectivity index (χ3v) is 1.24. The minimum Gasteiger partial charge on any atom is -0.291 e. The lowest BCUT2D eigenvalue weighted by atomic mass is 10.3. The Balaban J connectivity index is 2.83. The zero-order valence-corrected chi connectivity index (χ0v) is 6.87. The molecule has 4 nitrogen and oxygen atoms in total. The smallest absolute Gasteiger partial charge is 0.276 e. The van der Waals surface area contributed by atoms with Crippen LogP contribution in [-0.4, -0.2) is 16.8 Å². The molecule has 0 aliphatic heterocycles. The van der Waals surface area contributed by atoms with E-state index in [1.54, 1.807) is 0 Å². The van der Waals surface area contributed by atoms with Crippen LogP contribution < -0.4 is 5.32 Å². The molecule has 1 aromatic rings. The molecule has 2 amide bonds. The van der Waals surface area contributed by atoms with Crippen LogP contribution in [0.25, 0.3) is 0 Å². The van der Waals surface area contributed by atoms with Gasteiger partial charge < -0.3 is 0 Å². The third kappa shape index (κ3) is 2.62.